The summed E-state index contributed by atoms with van der Waals surface area (Å²) >= 11 is 0. The Bertz CT molecular complexity index is 728. The summed E-state index contributed by atoms with van der Waals surface area (Å²) in [6.07, 6.45) is 1.58. The van der Waals surface area contributed by atoms with Gasteiger partial charge in [-0.15, -0.1) is 0 Å². The first-order chi connectivity index (χ1) is 8.66. The highest BCUT2D eigenvalue weighted by atomic mass is 15.3. The number of benzene rings is 1. The molecule has 0 fully saturated rings. The van der Waals surface area contributed by atoms with Crippen molar-refractivity contribution in [3.63, 3.8) is 0 Å². The summed E-state index contributed by atoms with van der Waals surface area (Å²) in [6, 6.07) is 8.24. The maximum Gasteiger partial charge on any atom is 0.138 e. The van der Waals surface area contributed by atoms with Crippen LogP contribution < -0.4 is 0 Å². The fourth-order valence-electron chi connectivity index (χ4n) is 2.21. The third-order valence-electron chi connectivity index (χ3n) is 3.09. The Morgan fingerprint density at radius 1 is 1.11 bits per heavy atom. The van der Waals surface area contributed by atoms with Crippen molar-refractivity contribution in [1.29, 1.82) is 0 Å². The zero-order chi connectivity index (χ0) is 12.7. The van der Waals surface area contributed by atoms with E-state index >= 15 is 0 Å². The zero-order valence-electron chi connectivity index (χ0n) is 10.7. The van der Waals surface area contributed by atoms with E-state index in [4.69, 9.17) is 0 Å². The minimum Gasteiger partial charge on any atom is -0.253 e. The Hall–Kier alpha value is -2.23. The molecule has 0 bridgehead atoms. The largest absolute Gasteiger partial charge is 0.253 e. The second kappa shape index (κ2) is 3.91. The number of aryl methyl sites for hydroxylation is 3. The molecule has 0 saturated heterocycles. The maximum atomic E-state index is 4.61. The van der Waals surface area contributed by atoms with Crippen molar-refractivity contribution >= 4 is 10.9 Å². The lowest BCUT2D eigenvalue weighted by Crippen LogP contribution is -2.02. The van der Waals surface area contributed by atoms with Crippen molar-refractivity contribution in [3.05, 3.63) is 47.7 Å². The molecule has 0 aliphatic heterocycles. The number of nitrogens with zero attached hydrogens (tertiary/aromatic N) is 4. The Kier molecular flexibility index (Phi) is 2.37. The molecule has 18 heavy (non-hydrogen) atoms. The van der Waals surface area contributed by atoms with Gasteiger partial charge in [0.25, 0.3) is 0 Å². The van der Waals surface area contributed by atoms with Crippen LogP contribution in [0.3, 0.4) is 0 Å². The summed E-state index contributed by atoms with van der Waals surface area (Å²) in [5.41, 5.74) is 4.23. The van der Waals surface area contributed by atoms with Crippen LogP contribution in [0.15, 0.2) is 30.6 Å². The molecule has 0 N–H and O–H groups in total. The Labute approximate surface area is 105 Å². The van der Waals surface area contributed by atoms with E-state index < -0.39 is 0 Å². The molecule has 2 aromatic heterocycles. The number of rotatable bonds is 1. The molecule has 0 saturated carbocycles. The smallest absolute Gasteiger partial charge is 0.138 e. The molecule has 2 heterocycles. The molecular weight excluding hydrogens is 224 g/mol. The van der Waals surface area contributed by atoms with Crippen LogP contribution in [-0.2, 0) is 0 Å². The number of hydrogen-bond donors (Lipinski definition) is 0. The number of pyridine rings is 1. The lowest BCUT2D eigenvalue weighted by molar-refractivity contribution is 0.844. The summed E-state index contributed by atoms with van der Waals surface area (Å²) < 4.78 is 1.86. The first kappa shape index (κ1) is 10.9. The van der Waals surface area contributed by atoms with Gasteiger partial charge >= 0.3 is 0 Å². The summed E-state index contributed by atoms with van der Waals surface area (Å²) in [4.78, 5) is 8.80. The predicted molar refractivity (Wildman–Crippen MR) is 70.9 cm³/mol. The fourth-order valence-corrected chi connectivity index (χ4v) is 2.21. The van der Waals surface area contributed by atoms with E-state index in [0.29, 0.717) is 0 Å². The Balaban J connectivity index is 2.43. The second-order valence-electron chi connectivity index (χ2n) is 4.47. The van der Waals surface area contributed by atoms with Gasteiger partial charge in [-0.3, -0.25) is 4.98 Å². The average Bonchev–Trinajstić information content (AvgIpc) is 2.76. The summed E-state index contributed by atoms with van der Waals surface area (Å²) in [5, 5.41) is 5.39. The molecule has 4 nitrogen and oxygen atoms in total. The molecule has 3 rings (SSSR count). The minimum absolute atomic E-state index is 0.878. The van der Waals surface area contributed by atoms with Gasteiger partial charge < -0.3 is 0 Å². The molecule has 0 radical (unpaired) electrons. The van der Waals surface area contributed by atoms with E-state index in [1.165, 1.54) is 5.56 Å². The van der Waals surface area contributed by atoms with Crippen LogP contribution >= 0.6 is 0 Å². The molecule has 0 atom stereocenters. The predicted octanol–water partition coefficient (Wildman–Crippen LogP) is 2.74. The lowest BCUT2D eigenvalue weighted by Gasteiger charge is -2.10. The number of para-hydroxylation sites is 1. The topological polar surface area (TPSA) is 43.6 Å². The molecule has 0 spiro atoms. The molecular formula is C14H14N4. The van der Waals surface area contributed by atoms with Gasteiger partial charge in [-0.25, -0.2) is 9.67 Å². The zero-order valence-corrected chi connectivity index (χ0v) is 10.7. The first-order valence-electron chi connectivity index (χ1n) is 5.91. The van der Waals surface area contributed by atoms with Crippen LogP contribution in [-0.4, -0.2) is 19.7 Å². The van der Waals surface area contributed by atoms with E-state index in [1.54, 1.807) is 6.33 Å². The van der Waals surface area contributed by atoms with Gasteiger partial charge in [0.15, 0.2) is 0 Å². The summed E-state index contributed by atoms with van der Waals surface area (Å²) in [7, 11) is 0. The third kappa shape index (κ3) is 1.57. The van der Waals surface area contributed by atoms with Crippen LogP contribution in [0.5, 0.6) is 0 Å². The lowest BCUT2D eigenvalue weighted by atomic mass is 10.1. The monoisotopic (exact) mass is 238 g/mol. The standard InChI is InChI=1S/C14H14N4/c1-9-5-4-6-12-13(7-10(2)17-14(9)12)18-11(3)15-8-16-18/h4-8H,1-3H3. The van der Waals surface area contributed by atoms with Gasteiger partial charge in [0.2, 0.25) is 0 Å². The molecule has 0 amide bonds. The van der Waals surface area contributed by atoms with Crippen LogP contribution in [0, 0.1) is 20.8 Å². The van der Waals surface area contributed by atoms with Crippen molar-refractivity contribution in [2.24, 2.45) is 0 Å². The number of hydrogen-bond acceptors (Lipinski definition) is 3. The summed E-state index contributed by atoms with van der Waals surface area (Å²) in [5.74, 6) is 0.878. The normalized spacial score (nSPS) is 11.1. The van der Waals surface area contributed by atoms with Crippen molar-refractivity contribution in [2.45, 2.75) is 20.8 Å². The maximum absolute atomic E-state index is 4.61. The van der Waals surface area contributed by atoms with Crippen LogP contribution in [0.4, 0.5) is 0 Å². The quantitative estimate of drug-likeness (QED) is 0.654. The Morgan fingerprint density at radius 3 is 2.67 bits per heavy atom. The van der Waals surface area contributed by atoms with Crippen molar-refractivity contribution in [3.8, 4) is 5.69 Å². The third-order valence-corrected chi connectivity index (χ3v) is 3.09. The SMILES string of the molecule is Cc1cc(-n2ncnc2C)c2cccc(C)c2n1. The van der Waals surface area contributed by atoms with Crippen molar-refractivity contribution in [2.75, 3.05) is 0 Å². The van der Waals surface area contributed by atoms with Gasteiger partial charge in [-0.1, -0.05) is 18.2 Å². The van der Waals surface area contributed by atoms with Crippen molar-refractivity contribution in [1.82, 2.24) is 19.7 Å². The molecule has 0 aliphatic carbocycles. The van der Waals surface area contributed by atoms with Gasteiger partial charge in [-0.2, -0.15) is 5.10 Å². The van der Waals surface area contributed by atoms with Crippen LogP contribution in [0.25, 0.3) is 16.6 Å². The average molecular weight is 238 g/mol. The Morgan fingerprint density at radius 2 is 1.94 bits per heavy atom. The number of fused-ring (bicyclic) bond motifs is 1. The highest BCUT2D eigenvalue weighted by molar-refractivity contribution is 5.89. The van der Waals surface area contributed by atoms with E-state index in [9.17, 15) is 0 Å². The van der Waals surface area contributed by atoms with Crippen LogP contribution in [0.2, 0.25) is 0 Å². The summed E-state index contributed by atoms with van der Waals surface area (Å²) in [6.45, 7) is 6.03. The fraction of sp³-hybridized carbons (Fsp3) is 0.214. The molecule has 1 aromatic carbocycles. The van der Waals surface area contributed by atoms with Crippen molar-refractivity contribution < 1.29 is 0 Å². The van der Waals surface area contributed by atoms with Gasteiger partial charge in [0.05, 0.1) is 11.2 Å². The molecule has 0 aliphatic rings. The molecule has 90 valence electrons. The van der Waals surface area contributed by atoms with E-state index in [0.717, 1.165) is 28.1 Å². The van der Waals surface area contributed by atoms with Gasteiger partial charge in [0.1, 0.15) is 12.2 Å². The van der Waals surface area contributed by atoms with E-state index in [-0.39, 0.29) is 0 Å². The van der Waals surface area contributed by atoms with Crippen LogP contribution in [0.1, 0.15) is 17.1 Å². The molecule has 4 heteroatoms. The highest BCUT2D eigenvalue weighted by Gasteiger charge is 2.10. The highest BCUT2D eigenvalue weighted by Crippen LogP contribution is 2.24. The minimum atomic E-state index is 0.878. The first-order valence-corrected chi connectivity index (χ1v) is 5.91. The van der Waals surface area contributed by atoms with E-state index in [2.05, 4.69) is 34.1 Å². The van der Waals surface area contributed by atoms with Gasteiger partial charge in [-0.05, 0) is 32.4 Å². The molecule has 0 unspecified atom stereocenters. The molecule has 3 aromatic rings. The second-order valence-corrected chi connectivity index (χ2v) is 4.47. The van der Waals surface area contributed by atoms with E-state index in [1.807, 2.05) is 30.7 Å². The van der Waals surface area contributed by atoms with Gasteiger partial charge in [0, 0.05) is 11.1 Å². The number of aromatic nitrogens is 4.